The van der Waals surface area contributed by atoms with Gasteiger partial charge in [-0.1, -0.05) is 57.2 Å². The number of carboxylic acids is 1. The van der Waals surface area contributed by atoms with E-state index in [-0.39, 0.29) is 17.9 Å². The van der Waals surface area contributed by atoms with Crippen LogP contribution in [0.5, 0.6) is 5.75 Å². The highest BCUT2D eigenvalue weighted by atomic mass is 16.5. The number of benzene rings is 2. The molecule has 2 aromatic rings. The molecule has 0 aliphatic heterocycles. The van der Waals surface area contributed by atoms with Gasteiger partial charge in [0.05, 0.1) is 13.2 Å². The summed E-state index contributed by atoms with van der Waals surface area (Å²) in [6, 6.07) is 17.1. The Morgan fingerprint density at radius 3 is 2.55 bits per heavy atom. The lowest BCUT2D eigenvalue weighted by Crippen LogP contribution is -2.35. The highest BCUT2D eigenvalue weighted by molar-refractivity contribution is 5.69. The van der Waals surface area contributed by atoms with E-state index in [1.54, 1.807) is 0 Å². The Balaban J connectivity index is 1.88. The van der Waals surface area contributed by atoms with Crippen LogP contribution < -0.4 is 4.74 Å². The van der Waals surface area contributed by atoms with Gasteiger partial charge in [-0.15, -0.1) is 0 Å². The van der Waals surface area contributed by atoms with Gasteiger partial charge in [-0.2, -0.15) is 0 Å². The second kappa shape index (κ2) is 9.00. The number of carbonyl (C=O) groups is 1. The van der Waals surface area contributed by atoms with Crippen molar-refractivity contribution in [2.75, 3.05) is 26.7 Å². The molecule has 0 unspecified atom stereocenters. The van der Waals surface area contributed by atoms with Crippen LogP contribution >= 0.6 is 0 Å². The molecule has 2 atom stereocenters. The van der Waals surface area contributed by atoms with Crippen molar-refractivity contribution in [1.82, 2.24) is 4.90 Å². The van der Waals surface area contributed by atoms with Crippen molar-refractivity contribution < 1.29 is 14.6 Å². The van der Waals surface area contributed by atoms with Gasteiger partial charge in [0.15, 0.2) is 0 Å². The maximum Gasteiger partial charge on any atom is 0.317 e. The maximum atomic E-state index is 11.1. The molecule has 0 saturated carbocycles. The van der Waals surface area contributed by atoms with Crippen molar-refractivity contribution in [2.45, 2.75) is 39.5 Å². The van der Waals surface area contributed by atoms with Crippen LogP contribution in [0.4, 0.5) is 0 Å². The smallest absolute Gasteiger partial charge is 0.317 e. The van der Waals surface area contributed by atoms with Gasteiger partial charge in [0.25, 0.3) is 0 Å². The summed E-state index contributed by atoms with van der Waals surface area (Å²) in [7, 11) is 1.90. The molecule has 2 aromatic carbocycles. The Hall–Kier alpha value is -2.33. The van der Waals surface area contributed by atoms with Crippen molar-refractivity contribution in [3.63, 3.8) is 0 Å². The molecule has 4 heteroatoms. The van der Waals surface area contributed by atoms with E-state index in [1.807, 2.05) is 18.0 Å². The standard InChI is InChI=1S/C25H33NO3/c1-25(2,3)17-29-21-12-13-22-19(14-21)10-11-20(15-26(4)16-23(27)28)24(22)18-8-6-5-7-9-18/h5-9,12-14,20,24H,10-11,15-17H2,1-4H3,(H,27,28)/t20-,24+/m1/s1. The van der Waals surface area contributed by atoms with Crippen LogP contribution in [-0.2, 0) is 11.2 Å². The third-order valence-electron chi connectivity index (χ3n) is 5.49. The van der Waals surface area contributed by atoms with Crippen molar-refractivity contribution in [2.24, 2.45) is 11.3 Å². The van der Waals surface area contributed by atoms with Crippen LogP contribution in [0.15, 0.2) is 48.5 Å². The van der Waals surface area contributed by atoms with E-state index in [0.29, 0.717) is 12.5 Å². The summed E-state index contributed by atoms with van der Waals surface area (Å²) in [5.41, 5.74) is 4.12. The first kappa shape index (κ1) is 21.4. The van der Waals surface area contributed by atoms with Crippen molar-refractivity contribution in [3.8, 4) is 5.75 Å². The summed E-state index contributed by atoms with van der Waals surface area (Å²) in [4.78, 5) is 13.0. The third-order valence-corrected chi connectivity index (χ3v) is 5.49. The van der Waals surface area contributed by atoms with E-state index in [2.05, 4.69) is 63.2 Å². The molecule has 1 aliphatic carbocycles. The fraction of sp³-hybridized carbons (Fsp3) is 0.480. The molecule has 0 spiro atoms. The minimum atomic E-state index is -0.777. The molecule has 29 heavy (non-hydrogen) atoms. The highest BCUT2D eigenvalue weighted by Crippen LogP contribution is 2.42. The van der Waals surface area contributed by atoms with Crippen molar-refractivity contribution >= 4 is 5.97 Å². The molecule has 0 bridgehead atoms. The van der Waals surface area contributed by atoms with Gasteiger partial charge in [-0.25, -0.2) is 0 Å². The first-order chi connectivity index (χ1) is 13.7. The Bertz CT molecular complexity index is 826. The Morgan fingerprint density at radius 2 is 1.90 bits per heavy atom. The number of aryl methyl sites for hydroxylation is 1. The zero-order chi connectivity index (χ0) is 21.0. The minimum Gasteiger partial charge on any atom is -0.493 e. The summed E-state index contributed by atoms with van der Waals surface area (Å²) in [6.07, 6.45) is 2.04. The average Bonchev–Trinajstić information content (AvgIpc) is 2.65. The second-order valence-corrected chi connectivity index (χ2v) is 9.49. The molecule has 0 radical (unpaired) electrons. The van der Waals surface area contributed by atoms with Crippen LogP contribution in [0.2, 0.25) is 0 Å². The summed E-state index contributed by atoms with van der Waals surface area (Å²) < 4.78 is 6.04. The second-order valence-electron chi connectivity index (χ2n) is 9.49. The van der Waals surface area contributed by atoms with E-state index in [9.17, 15) is 4.79 Å². The van der Waals surface area contributed by atoms with Gasteiger partial charge in [0.1, 0.15) is 5.75 Å². The van der Waals surface area contributed by atoms with Crippen LogP contribution in [0.3, 0.4) is 0 Å². The van der Waals surface area contributed by atoms with Gasteiger partial charge in [0, 0.05) is 12.5 Å². The predicted octanol–water partition coefficient (Wildman–Crippen LogP) is 4.82. The molecule has 4 nitrogen and oxygen atoms in total. The van der Waals surface area contributed by atoms with E-state index in [0.717, 1.165) is 25.1 Å². The summed E-state index contributed by atoms with van der Waals surface area (Å²) >= 11 is 0. The molecule has 1 N–H and O–H groups in total. The van der Waals surface area contributed by atoms with Crippen molar-refractivity contribution in [1.29, 1.82) is 0 Å². The van der Waals surface area contributed by atoms with Crippen LogP contribution in [0, 0.1) is 11.3 Å². The molecule has 0 saturated heterocycles. The molecule has 156 valence electrons. The number of likely N-dealkylation sites (N-methyl/N-ethyl adjacent to an activating group) is 1. The van der Waals surface area contributed by atoms with Crippen LogP contribution in [0.25, 0.3) is 0 Å². The predicted molar refractivity (Wildman–Crippen MR) is 117 cm³/mol. The van der Waals surface area contributed by atoms with Gasteiger partial charge >= 0.3 is 5.97 Å². The molecule has 0 fully saturated rings. The van der Waals surface area contributed by atoms with E-state index < -0.39 is 5.97 Å². The van der Waals surface area contributed by atoms with E-state index in [1.165, 1.54) is 16.7 Å². The number of aliphatic carboxylic acids is 1. The van der Waals surface area contributed by atoms with Crippen LogP contribution in [-0.4, -0.2) is 42.7 Å². The molecule has 0 amide bonds. The average molecular weight is 396 g/mol. The van der Waals surface area contributed by atoms with E-state index in [4.69, 9.17) is 9.84 Å². The summed E-state index contributed by atoms with van der Waals surface area (Å²) in [6.45, 7) is 8.06. The quantitative estimate of drug-likeness (QED) is 0.730. The van der Waals surface area contributed by atoms with E-state index >= 15 is 0 Å². The lowest BCUT2D eigenvalue weighted by atomic mass is 9.71. The summed E-state index contributed by atoms with van der Waals surface area (Å²) in [5.74, 6) is 0.816. The number of rotatable bonds is 7. The van der Waals surface area contributed by atoms with Crippen molar-refractivity contribution in [3.05, 3.63) is 65.2 Å². The Labute approximate surface area is 174 Å². The highest BCUT2D eigenvalue weighted by Gasteiger charge is 2.32. The zero-order valence-corrected chi connectivity index (χ0v) is 18.0. The first-order valence-electron chi connectivity index (χ1n) is 10.4. The number of hydrogen-bond donors (Lipinski definition) is 1. The lowest BCUT2D eigenvalue weighted by Gasteiger charge is -2.36. The van der Waals surface area contributed by atoms with Gasteiger partial charge in [-0.3, -0.25) is 9.69 Å². The maximum absolute atomic E-state index is 11.1. The topological polar surface area (TPSA) is 49.8 Å². The monoisotopic (exact) mass is 395 g/mol. The molecule has 3 rings (SSSR count). The Kier molecular flexibility index (Phi) is 6.63. The largest absolute Gasteiger partial charge is 0.493 e. The SMILES string of the molecule is CN(CC(=O)O)C[C@H]1CCc2cc(OCC(C)(C)C)ccc2[C@H]1c1ccccc1. The number of fused-ring (bicyclic) bond motifs is 1. The third kappa shape index (κ3) is 5.83. The molecular weight excluding hydrogens is 362 g/mol. The summed E-state index contributed by atoms with van der Waals surface area (Å²) in [5, 5.41) is 9.14. The number of ether oxygens (including phenoxy) is 1. The molecule has 0 heterocycles. The number of hydrogen-bond acceptors (Lipinski definition) is 3. The normalized spacial score (nSPS) is 19.1. The molecular formula is C25H33NO3. The van der Waals surface area contributed by atoms with Gasteiger partial charge in [-0.05, 0) is 60.0 Å². The fourth-order valence-corrected chi connectivity index (χ4v) is 4.26. The molecule has 1 aliphatic rings. The number of nitrogens with zero attached hydrogens (tertiary/aromatic N) is 1. The van der Waals surface area contributed by atoms with Gasteiger partial charge < -0.3 is 9.84 Å². The minimum absolute atomic E-state index is 0.0739. The van der Waals surface area contributed by atoms with Crippen LogP contribution in [0.1, 0.15) is 49.8 Å². The molecule has 0 aromatic heterocycles. The number of carboxylic acid groups (broad SMARTS) is 1. The fourth-order valence-electron chi connectivity index (χ4n) is 4.26. The zero-order valence-electron chi connectivity index (χ0n) is 18.0. The van der Waals surface area contributed by atoms with Gasteiger partial charge in [0.2, 0.25) is 0 Å². The lowest BCUT2D eigenvalue weighted by molar-refractivity contribution is -0.138. The first-order valence-corrected chi connectivity index (χ1v) is 10.4. The Morgan fingerprint density at radius 1 is 1.17 bits per heavy atom.